The number of aromatic nitrogens is 1. The highest BCUT2D eigenvalue weighted by atomic mass is 32.3. The van der Waals surface area contributed by atoms with Gasteiger partial charge in [-0.25, -0.2) is 0 Å². The van der Waals surface area contributed by atoms with Crippen molar-refractivity contribution in [1.82, 2.24) is 4.57 Å². The summed E-state index contributed by atoms with van der Waals surface area (Å²) in [4.78, 5) is 11.4. The maximum Gasteiger partial charge on any atom is 0.334 e. The molecule has 0 saturated carbocycles. The van der Waals surface area contributed by atoms with E-state index in [1.807, 2.05) is 0 Å². The molecule has 0 atom stereocenters. The van der Waals surface area contributed by atoms with Gasteiger partial charge in [0.1, 0.15) is 10.6 Å². The van der Waals surface area contributed by atoms with Crippen molar-refractivity contribution >= 4 is 21.8 Å². The number of carbonyl (C=O) groups is 1. The van der Waals surface area contributed by atoms with E-state index < -0.39 is 21.0 Å². The first-order valence-electron chi connectivity index (χ1n) is 5.36. The molecule has 1 heterocycles. The van der Waals surface area contributed by atoms with Crippen LogP contribution in [0.15, 0.2) is 47.5 Å². The SMILES string of the molecule is Cn1cccc1C(=O)Nc1ccccc1S(=O)(=O)F. The molecule has 0 fully saturated rings. The van der Waals surface area contributed by atoms with Crippen LogP contribution in [0.2, 0.25) is 0 Å². The molecule has 0 spiro atoms. The topological polar surface area (TPSA) is 68.2 Å². The summed E-state index contributed by atoms with van der Waals surface area (Å²) in [5.41, 5.74) is 0.252. The van der Waals surface area contributed by atoms with Gasteiger partial charge in [-0.15, -0.1) is 3.89 Å². The molecule has 7 heteroatoms. The number of hydrogen-bond acceptors (Lipinski definition) is 3. The fraction of sp³-hybridized carbons (Fsp3) is 0.0833. The summed E-state index contributed by atoms with van der Waals surface area (Å²) in [6.07, 6.45) is 1.67. The highest BCUT2D eigenvalue weighted by Crippen LogP contribution is 2.23. The molecular weight excluding hydrogens is 271 g/mol. The molecule has 0 aliphatic rings. The van der Waals surface area contributed by atoms with Gasteiger partial charge in [-0.3, -0.25) is 4.79 Å². The van der Waals surface area contributed by atoms with Gasteiger partial charge >= 0.3 is 10.2 Å². The zero-order chi connectivity index (χ0) is 14.0. The Labute approximate surface area is 109 Å². The first-order chi connectivity index (χ1) is 8.89. The number of benzene rings is 1. The van der Waals surface area contributed by atoms with Crippen LogP contribution in [0.5, 0.6) is 0 Å². The molecule has 0 aliphatic carbocycles. The Hall–Kier alpha value is -2.15. The summed E-state index contributed by atoms with van der Waals surface area (Å²) in [6, 6.07) is 8.55. The zero-order valence-electron chi connectivity index (χ0n) is 10.00. The van der Waals surface area contributed by atoms with Gasteiger partial charge in [-0.1, -0.05) is 12.1 Å². The van der Waals surface area contributed by atoms with Gasteiger partial charge in [-0.2, -0.15) is 8.42 Å². The fourth-order valence-electron chi connectivity index (χ4n) is 1.67. The summed E-state index contributed by atoms with van der Waals surface area (Å²) in [5.74, 6) is -0.511. The zero-order valence-corrected chi connectivity index (χ0v) is 10.8. The Morgan fingerprint density at radius 3 is 2.47 bits per heavy atom. The normalized spacial score (nSPS) is 11.3. The minimum Gasteiger partial charge on any atom is -0.347 e. The quantitative estimate of drug-likeness (QED) is 0.875. The van der Waals surface area contributed by atoms with E-state index in [0.29, 0.717) is 5.69 Å². The maximum absolute atomic E-state index is 13.1. The molecule has 0 aliphatic heterocycles. The van der Waals surface area contributed by atoms with Gasteiger partial charge in [-0.05, 0) is 24.3 Å². The number of para-hydroxylation sites is 1. The van der Waals surface area contributed by atoms with Crippen molar-refractivity contribution in [2.24, 2.45) is 7.05 Å². The minimum absolute atomic E-state index is 0.0869. The van der Waals surface area contributed by atoms with Gasteiger partial charge in [0.2, 0.25) is 0 Å². The summed E-state index contributed by atoms with van der Waals surface area (Å²) >= 11 is 0. The van der Waals surface area contributed by atoms with Gasteiger partial charge < -0.3 is 9.88 Å². The van der Waals surface area contributed by atoms with E-state index in [1.54, 1.807) is 29.9 Å². The number of anilines is 1. The molecule has 0 bridgehead atoms. The number of rotatable bonds is 3. The van der Waals surface area contributed by atoms with Crippen LogP contribution < -0.4 is 5.32 Å². The molecule has 100 valence electrons. The average Bonchev–Trinajstić information content (AvgIpc) is 2.75. The van der Waals surface area contributed by atoms with Crippen molar-refractivity contribution in [1.29, 1.82) is 0 Å². The average molecular weight is 282 g/mol. The predicted molar refractivity (Wildman–Crippen MR) is 68.1 cm³/mol. The summed E-state index contributed by atoms with van der Waals surface area (Å²) < 4.78 is 36.6. The second kappa shape index (κ2) is 4.85. The molecule has 0 unspecified atom stereocenters. The van der Waals surface area contributed by atoms with E-state index in [4.69, 9.17) is 0 Å². The lowest BCUT2D eigenvalue weighted by Crippen LogP contribution is -2.16. The fourth-order valence-corrected chi connectivity index (χ4v) is 2.29. The molecule has 2 rings (SSSR count). The van der Waals surface area contributed by atoms with Crippen LogP contribution in [0.3, 0.4) is 0 Å². The Morgan fingerprint density at radius 2 is 1.89 bits per heavy atom. The minimum atomic E-state index is -4.88. The van der Waals surface area contributed by atoms with Crippen LogP contribution in [0.4, 0.5) is 9.57 Å². The maximum atomic E-state index is 13.1. The number of aryl methyl sites for hydroxylation is 1. The Kier molecular flexibility index (Phi) is 3.39. The van der Waals surface area contributed by atoms with Gasteiger partial charge in [0, 0.05) is 13.2 Å². The smallest absolute Gasteiger partial charge is 0.334 e. The molecule has 1 aromatic carbocycles. The number of carbonyl (C=O) groups excluding carboxylic acids is 1. The molecule has 19 heavy (non-hydrogen) atoms. The summed E-state index contributed by atoms with van der Waals surface area (Å²) in [6.45, 7) is 0. The van der Waals surface area contributed by atoms with Crippen LogP contribution in [-0.4, -0.2) is 18.9 Å². The van der Waals surface area contributed by atoms with Crippen LogP contribution >= 0.6 is 0 Å². The van der Waals surface area contributed by atoms with Gasteiger partial charge in [0.25, 0.3) is 5.91 Å². The van der Waals surface area contributed by atoms with Crippen molar-refractivity contribution in [3.8, 4) is 0 Å². The van der Waals surface area contributed by atoms with Crippen LogP contribution in [0.25, 0.3) is 0 Å². The first-order valence-corrected chi connectivity index (χ1v) is 6.74. The highest BCUT2D eigenvalue weighted by molar-refractivity contribution is 7.86. The number of amides is 1. The second-order valence-electron chi connectivity index (χ2n) is 3.89. The monoisotopic (exact) mass is 282 g/mol. The first kappa shape index (κ1) is 13.3. The third-order valence-corrected chi connectivity index (χ3v) is 3.46. The molecule has 1 aromatic heterocycles. The van der Waals surface area contributed by atoms with E-state index >= 15 is 0 Å². The standard InChI is InChI=1S/C12H11FN2O3S/c1-15-8-4-6-10(15)12(16)14-9-5-2-3-7-11(9)19(13,17)18/h2-8H,1H3,(H,14,16). The van der Waals surface area contributed by atoms with Crippen molar-refractivity contribution in [2.75, 3.05) is 5.32 Å². The molecule has 0 saturated heterocycles. The van der Waals surface area contributed by atoms with E-state index in [1.165, 1.54) is 18.2 Å². The number of halogens is 1. The molecule has 0 radical (unpaired) electrons. The lowest BCUT2D eigenvalue weighted by molar-refractivity contribution is 0.101. The summed E-state index contributed by atoms with van der Waals surface area (Å²) in [5, 5.41) is 2.38. The Bertz CT molecular complexity index is 722. The number of nitrogens with zero attached hydrogens (tertiary/aromatic N) is 1. The van der Waals surface area contributed by atoms with Crippen molar-refractivity contribution in [2.45, 2.75) is 4.90 Å². The molecule has 1 amide bonds. The second-order valence-corrected chi connectivity index (χ2v) is 5.21. The number of nitrogens with one attached hydrogen (secondary N) is 1. The van der Waals surface area contributed by atoms with Crippen molar-refractivity contribution < 1.29 is 17.1 Å². The third kappa shape index (κ3) is 2.82. The van der Waals surface area contributed by atoms with E-state index in [2.05, 4.69) is 5.32 Å². The summed E-state index contributed by atoms with van der Waals surface area (Å²) in [7, 11) is -3.21. The molecule has 1 N–H and O–H groups in total. The van der Waals surface area contributed by atoms with Crippen LogP contribution in [0, 0.1) is 0 Å². The lowest BCUT2D eigenvalue weighted by Gasteiger charge is -2.08. The van der Waals surface area contributed by atoms with Gasteiger partial charge in [0.05, 0.1) is 5.69 Å². The largest absolute Gasteiger partial charge is 0.347 e. The Morgan fingerprint density at radius 1 is 1.21 bits per heavy atom. The lowest BCUT2D eigenvalue weighted by atomic mass is 10.3. The van der Waals surface area contributed by atoms with E-state index in [-0.39, 0.29) is 5.69 Å². The molecule has 2 aromatic rings. The van der Waals surface area contributed by atoms with Crippen LogP contribution in [0.1, 0.15) is 10.5 Å². The van der Waals surface area contributed by atoms with Gasteiger partial charge in [0.15, 0.2) is 0 Å². The third-order valence-electron chi connectivity index (χ3n) is 2.57. The van der Waals surface area contributed by atoms with Crippen LogP contribution in [-0.2, 0) is 17.3 Å². The number of hydrogen-bond donors (Lipinski definition) is 1. The van der Waals surface area contributed by atoms with E-state index in [0.717, 1.165) is 6.07 Å². The molecular formula is C12H11FN2O3S. The Balaban J connectivity index is 2.35. The highest BCUT2D eigenvalue weighted by Gasteiger charge is 2.19. The molecule has 5 nitrogen and oxygen atoms in total. The van der Waals surface area contributed by atoms with Crippen molar-refractivity contribution in [3.05, 3.63) is 48.3 Å². The van der Waals surface area contributed by atoms with E-state index in [9.17, 15) is 17.1 Å². The predicted octanol–water partition coefficient (Wildman–Crippen LogP) is 1.94. The van der Waals surface area contributed by atoms with Crippen molar-refractivity contribution in [3.63, 3.8) is 0 Å².